The summed E-state index contributed by atoms with van der Waals surface area (Å²) in [5.74, 6) is -0.0306. The zero-order valence-corrected chi connectivity index (χ0v) is 18.5. The molecule has 35 heavy (non-hydrogen) atoms. The fourth-order valence-corrected chi connectivity index (χ4v) is 3.66. The number of benzene rings is 3. The second-order valence-electron chi connectivity index (χ2n) is 7.50. The van der Waals surface area contributed by atoms with Crippen LogP contribution in [0.15, 0.2) is 84.3 Å². The largest absolute Gasteiger partial charge is 0.497 e. The van der Waals surface area contributed by atoms with Crippen LogP contribution in [0.4, 0.5) is 5.69 Å². The summed E-state index contributed by atoms with van der Waals surface area (Å²) in [7, 11) is 1.57. The van der Waals surface area contributed by atoms with Crippen molar-refractivity contribution in [1.82, 2.24) is 0 Å². The van der Waals surface area contributed by atoms with Crippen LogP contribution in [-0.4, -0.2) is 18.0 Å². The lowest BCUT2D eigenvalue weighted by molar-refractivity contribution is -0.384. The minimum Gasteiger partial charge on any atom is -0.497 e. The van der Waals surface area contributed by atoms with Crippen molar-refractivity contribution in [3.8, 4) is 23.3 Å². The second-order valence-corrected chi connectivity index (χ2v) is 7.50. The molecule has 0 aliphatic carbocycles. The first-order valence-electron chi connectivity index (χ1n) is 10.4. The molecule has 2 N–H and O–H groups in total. The number of nitro groups is 1. The molecule has 0 spiro atoms. The molecule has 0 bridgehead atoms. The molecule has 9 nitrogen and oxygen atoms in total. The lowest BCUT2D eigenvalue weighted by Gasteiger charge is -2.26. The van der Waals surface area contributed by atoms with E-state index in [1.54, 1.807) is 61.7 Å². The van der Waals surface area contributed by atoms with Gasteiger partial charge < -0.3 is 19.9 Å². The van der Waals surface area contributed by atoms with Crippen LogP contribution >= 0.6 is 0 Å². The molecule has 1 unspecified atom stereocenters. The van der Waals surface area contributed by atoms with Gasteiger partial charge in [-0.25, -0.2) is 4.79 Å². The maximum absolute atomic E-state index is 12.3. The third-order valence-electron chi connectivity index (χ3n) is 5.37. The van der Waals surface area contributed by atoms with Gasteiger partial charge >= 0.3 is 5.97 Å². The molecule has 9 heteroatoms. The Morgan fingerprint density at radius 3 is 2.43 bits per heavy atom. The monoisotopic (exact) mass is 469 g/mol. The third-order valence-corrected chi connectivity index (χ3v) is 5.37. The Morgan fingerprint density at radius 1 is 1.11 bits per heavy atom. The van der Waals surface area contributed by atoms with Crippen molar-refractivity contribution in [2.75, 3.05) is 7.11 Å². The van der Waals surface area contributed by atoms with Crippen LogP contribution in [0.1, 0.15) is 22.6 Å². The average Bonchev–Trinajstić information content (AvgIpc) is 2.87. The van der Waals surface area contributed by atoms with E-state index in [-0.39, 0.29) is 22.9 Å². The molecule has 1 heterocycles. The Morgan fingerprint density at radius 2 is 1.80 bits per heavy atom. The molecular formula is C26H19N3O6. The van der Waals surface area contributed by atoms with E-state index in [2.05, 4.69) is 6.07 Å². The number of nitro benzene ring substituents is 1. The first-order chi connectivity index (χ1) is 16.9. The van der Waals surface area contributed by atoms with Crippen molar-refractivity contribution in [2.45, 2.75) is 5.92 Å². The van der Waals surface area contributed by atoms with Crippen LogP contribution in [0.3, 0.4) is 0 Å². The van der Waals surface area contributed by atoms with Gasteiger partial charge in [-0.05, 0) is 35.4 Å². The number of hydrogen-bond acceptors (Lipinski definition) is 8. The van der Waals surface area contributed by atoms with Crippen LogP contribution in [-0.2, 0) is 4.79 Å². The first-order valence-corrected chi connectivity index (χ1v) is 10.4. The molecule has 0 radical (unpaired) electrons. The van der Waals surface area contributed by atoms with E-state index in [1.807, 2.05) is 0 Å². The molecule has 3 aromatic rings. The summed E-state index contributed by atoms with van der Waals surface area (Å²) < 4.78 is 16.1. The van der Waals surface area contributed by atoms with Gasteiger partial charge in [-0.2, -0.15) is 5.26 Å². The summed E-state index contributed by atoms with van der Waals surface area (Å²) in [6.07, 6.45) is 2.91. The molecule has 3 aromatic carbocycles. The van der Waals surface area contributed by atoms with Crippen molar-refractivity contribution >= 4 is 17.7 Å². The summed E-state index contributed by atoms with van der Waals surface area (Å²) in [6, 6.07) is 19.8. The van der Waals surface area contributed by atoms with Crippen LogP contribution in [0, 0.1) is 21.4 Å². The highest BCUT2D eigenvalue weighted by molar-refractivity contribution is 5.88. The summed E-state index contributed by atoms with van der Waals surface area (Å²) in [6.45, 7) is 0. The first kappa shape index (κ1) is 23.1. The molecule has 1 aliphatic rings. The van der Waals surface area contributed by atoms with Gasteiger partial charge in [0.05, 0.1) is 18.0 Å². The minimum atomic E-state index is -0.593. The summed E-state index contributed by atoms with van der Waals surface area (Å²) in [5, 5.41) is 20.6. The highest BCUT2D eigenvalue weighted by atomic mass is 16.6. The van der Waals surface area contributed by atoms with Crippen molar-refractivity contribution in [3.05, 3.63) is 111 Å². The third kappa shape index (κ3) is 4.96. The van der Waals surface area contributed by atoms with Crippen molar-refractivity contribution in [3.63, 3.8) is 0 Å². The quantitative estimate of drug-likeness (QED) is 0.184. The van der Waals surface area contributed by atoms with E-state index in [1.165, 1.54) is 24.3 Å². The van der Waals surface area contributed by atoms with Crippen molar-refractivity contribution in [1.29, 1.82) is 5.26 Å². The van der Waals surface area contributed by atoms with Gasteiger partial charge in [0.1, 0.15) is 28.9 Å². The molecule has 0 fully saturated rings. The Kier molecular flexibility index (Phi) is 6.46. The summed E-state index contributed by atoms with van der Waals surface area (Å²) >= 11 is 0. The van der Waals surface area contributed by atoms with E-state index in [9.17, 15) is 20.2 Å². The number of methoxy groups -OCH3 is 1. The molecule has 0 saturated heterocycles. The lowest BCUT2D eigenvalue weighted by atomic mass is 9.83. The smallest absolute Gasteiger partial charge is 0.336 e. The molecule has 174 valence electrons. The Labute approximate surface area is 200 Å². The number of allylic oxidation sites excluding steroid dienone is 1. The number of non-ortho nitro benzene ring substituents is 1. The molecule has 1 aliphatic heterocycles. The number of carbonyl (C=O) groups is 1. The second kappa shape index (κ2) is 9.80. The van der Waals surface area contributed by atoms with Gasteiger partial charge in [0.2, 0.25) is 5.88 Å². The van der Waals surface area contributed by atoms with Crippen LogP contribution in [0.5, 0.6) is 17.2 Å². The zero-order valence-electron chi connectivity index (χ0n) is 18.5. The highest BCUT2D eigenvalue weighted by Crippen LogP contribution is 2.43. The van der Waals surface area contributed by atoms with E-state index in [4.69, 9.17) is 19.9 Å². The number of nitrogens with two attached hydrogens (primary N) is 1. The minimum absolute atomic E-state index is 0.0681. The van der Waals surface area contributed by atoms with E-state index >= 15 is 0 Å². The van der Waals surface area contributed by atoms with Crippen LogP contribution in [0.25, 0.3) is 6.08 Å². The predicted octanol–water partition coefficient (Wildman–Crippen LogP) is 4.44. The predicted molar refractivity (Wildman–Crippen MR) is 126 cm³/mol. The van der Waals surface area contributed by atoms with Gasteiger partial charge in [0.25, 0.3) is 5.69 Å². The Balaban J connectivity index is 1.57. The topological polar surface area (TPSA) is 138 Å². The number of rotatable bonds is 6. The van der Waals surface area contributed by atoms with Gasteiger partial charge in [0, 0.05) is 29.8 Å². The molecule has 4 rings (SSSR count). The lowest BCUT2D eigenvalue weighted by Crippen LogP contribution is -2.21. The molecular weight excluding hydrogens is 450 g/mol. The normalized spacial score (nSPS) is 14.6. The van der Waals surface area contributed by atoms with Crippen LogP contribution < -0.4 is 19.9 Å². The highest BCUT2D eigenvalue weighted by Gasteiger charge is 2.31. The van der Waals surface area contributed by atoms with Crippen LogP contribution in [0.2, 0.25) is 0 Å². The van der Waals surface area contributed by atoms with E-state index in [0.29, 0.717) is 22.6 Å². The maximum Gasteiger partial charge on any atom is 0.336 e. The number of fused-ring (bicyclic) bond motifs is 1. The standard InChI is InChI=1S/C26H19N3O6/c1-33-19-9-2-16(3-10-19)4-13-24(30)34-20-11-12-21-23(14-20)35-26(28)22(15-27)25(21)17-5-7-18(8-6-17)29(31)32/h2-14,25H,28H2,1H3/b13-4+. The molecule has 0 saturated carbocycles. The zero-order chi connectivity index (χ0) is 24.9. The molecule has 0 amide bonds. The average molecular weight is 469 g/mol. The van der Waals surface area contributed by atoms with E-state index in [0.717, 1.165) is 5.56 Å². The number of hydrogen-bond donors (Lipinski definition) is 1. The van der Waals surface area contributed by atoms with Gasteiger partial charge in [0.15, 0.2) is 0 Å². The van der Waals surface area contributed by atoms with Crippen molar-refractivity contribution in [2.24, 2.45) is 5.73 Å². The molecule has 1 atom stereocenters. The van der Waals surface area contributed by atoms with Gasteiger partial charge in [-0.15, -0.1) is 0 Å². The van der Waals surface area contributed by atoms with Gasteiger partial charge in [-0.1, -0.05) is 30.3 Å². The molecule has 0 aromatic heterocycles. The SMILES string of the molecule is COc1ccc(/C=C/C(=O)Oc2ccc3c(c2)OC(N)=C(C#N)C3c2ccc([N+](=O)[O-])cc2)cc1. The van der Waals surface area contributed by atoms with Gasteiger partial charge in [-0.3, -0.25) is 10.1 Å². The number of carbonyl (C=O) groups excluding carboxylic acids is 1. The number of nitriles is 1. The summed E-state index contributed by atoms with van der Waals surface area (Å²) in [4.78, 5) is 22.8. The number of esters is 1. The Bertz CT molecular complexity index is 1390. The number of nitrogens with zero attached hydrogens (tertiary/aromatic N) is 2. The maximum atomic E-state index is 12.3. The van der Waals surface area contributed by atoms with E-state index < -0.39 is 16.8 Å². The fraction of sp³-hybridized carbons (Fsp3) is 0.0769. The summed E-state index contributed by atoms with van der Waals surface area (Å²) in [5.41, 5.74) is 8.14. The fourth-order valence-electron chi connectivity index (χ4n) is 3.66. The van der Waals surface area contributed by atoms with Crippen molar-refractivity contribution < 1.29 is 23.9 Å². The Hall–Kier alpha value is -5.10. The number of ether oxygens (including phenoxy) is 3.